The van der Waals surface area contributed by atoms with Crippen molar-refractivity contribution in [2.45, 2.75) is 63.1 Å². The van der Waals surface area contributed by atoms with Gasteiger partial charge in [-0.2, -0.15) is 0 Å². The Kier molecular flexibility index (Phi) is 7.16. The lowest BCUT2D eigenvalue weighted by Crippen LogP contribution is -2.30. The summed E-state index contributed by atoms with van der Waals surface area (Å²) in [5, 5.41) is 0. The van der Waals surface area contributed by atoms with Crippen LogP contribution >= 0.6 is 0 Å². The van der Waals surface area contributed by atoms with Crippen molar-refractivity contribution in [2.75, 3.05) is 4.90 Å². The molecule has 1 heterocycles. The molecule has 0 radical (unpaired) electrons. The molecule has 1 aliphatic heterocycles. The average Bonchev–Trinajstić information content (AvgIpc) is 3.35. The molecule has 0 saturated heterocycles. The molecule has 0 aromatic heterocycles. The van der Waals surface area contributed by atoms with E-state index in [0.29, 0.717) is 6.04 Å². The van der Waals surface area contributed by atoms with Gasteiger partial charge in [0.05, 0.1) is 6.04 Å². The lowest BCUT2D eigenvalue weighted by molar-refractivity contribution is -0.601. The van der Waals surface area contributed by atoms with Crippen molar-refractivity contribution in [1.82, 2.24) is 0 Å². The summed E-state index contributed by atoms with van der Waals surface area (Å²) in [4.78, 5) is 2.58. The molecule has 0 N–H and O–H groups in total. The molecule has 2 nitrogen and oxygen atoms in total. The van der Waals surface area contributed by atoms with Gasteiger partial charge in [-0.1, -0.05) is 128 Å². The molecule has 0 bridgehead atoms. The van der Waals surface area contributed by atoms with Crippen molar-refractivity contribution in [2.24, 2.45) is 0 Å². The quantitative estimate of drug-likeness (QED) is 0.256. The minimum atomic E-state index is 0.193. The predicted molar refractivity (Wildman–Crippen MR) is 155 cm³/mol. The topological polar surface area (TPSA) is 6.25 Å². The summed E-state index contributed by atoms with van der Waals surface area (Å²) in [5.74, 6) is 0. The maximum Gasteiger partial charge on any atom is 0.240 e. The summed E-state index contributed by atoms with van der Waals surface area (Å²) < 4.78 is 2.74. The van der Waals surface area contributed by atoms with Crippen molar-refractivity contribution in [3.63, 3.8) is 0 Å². The molecule has 0 unspecified atom stereocenters. The van der Waals surface area contributed by atoms with Gasteiger partial charge in [-0.25, -0.2) is 4.90 Å². The SMILES string of the molecule is C1=[N+](C2CCCCCCC2)[C@@H](c2ccccc2)[C@H](c2ccccc2)N1c1ccccc1-c1ccccc1. The van der Waals surface area contributed by atoms with Crippen LogP contribution in [-0.4, -0.2) is 17.0 Å². The second-order valence-corrected chi connectivity index (χ2v) is 10.6. The smallest absolute Gasteiger partial charge is 0.240 e. The molecule has 2 aliphatic rings. The molecule has 186 valence electrons. The molecule has 4 aromatic carbocycles. The highest BCUT2D eigenvalue weighted by molar-refractivity contribution is 5.89. The van der Waals surface area contributed by atoms with Gasteiger partial charge in [0.15, 0.2) is 12.1 Å². The highest BCUT2D eigenvalue weighted by Gasteiger charge is 2.47. The number of nitrogens with zero attached hydrogens (tertiary/aromatic N) is 2. The van der Waals surface area contributed by atoms with E-state index in [4.69, 9.17) is 0 Å². The molecule has 1 saturated carbocycles. The highest BCUT2D eigenvalue weighted by Crippen LogP contribution is 2.46. The largest absolute Gasteiger partial charge is 0.254 e. The van der Waals surface area contributed by atoms with Crippen LogP contribution in [0.5, 0.6) is 0 Å². The van der Waals surface area contributed by atoms with Crippen LogP contribution in [0.4, 0.5) is 5.69 Å². The molecule has 6 rings (SSSR count). The Hall–Kier alpha value is -3.65. The molecular weight excluding hydrogens is 448 g/mol. The zero-order chi connectivity index (χ0) is 24.9. The number of hydrogen-bond acceptors (Lipinski definition) is 1. The predicted octanol–water partition coefficient (Wildman–Crippen LogP) is 8.81. The molecular formula is C35H37N2+. The molecule has 4 aromatic rings. The normalized spacial score (nSPS) is 20.8. The van der Waals surface area contributed by atoms with Crippen LogP contribution in [0.25, 0.3) is 11.1 Å². The molecule has 2 heteroatoms. The van der Waals surface area contributed by atoms with Crippen LogP contribution in [-0.2, 0) is 0 Å². The van der Waals surface area contributed by atoms with Gasteiger partial charge in [0.2, 0.25) is 6.34 Å². The third-order valence-electron chi connectivity index (χ3n) is 8.22. The van der Waals surface area contributed by atoms with Crippen molar-refractivity contribution in [3.05, 3.63) is 126 Å². The van der Waals surface area contributed by atoms with E-state index in [9.17, 15) is 0 Å². The van der Waals surface area contributed by atoms with Gasteiger partial charge in [0, 0.05) is 16.7 Å². The lowest BCUT2D eigenvalue weighted by Gasteiger charge is -2.28. The summed E-state index contributed by atoms with van der Waals surface area (Å²) in [5.41, 5.74) is 6.58. The summed E-state index contributed by atoms with van der Waals surface area (Å²) >= 11 is 0. The van der Waals surface area contributed by atoms with Gasteiger partial charge in [-0.05, 0) is 37.3 Å². The second-order valence-electron chi connectivity index (χ2n) is 10.6. The van der Waals surface area contributed by atoms with Crippen molar-refractivity contribution >= 4 is 12.0 Å². The highest BCUT2D eigenvalue weighted by atomic mass is 15.3. The molecule has 0 spiro atoms. The first-order chi connectivity index (χ1) is 18.4. The van der Waals surface area contributed by atoms with Crippen LogP contribution in [0.3, 0.4) is 0 Å². The average molecular weight is 486 g/mol. The van der Waals surface area contributed by atoms with E-state index in [1.807, 2.05) is 0 Å². The Morgan fingerprint density at radius 1 is 0.541 bits per heavy atom. The molecule has 1 fully saturated rings. The summed E-state index contributed by atoms with van der Waals surface area (Å²) in [6.45, 7) is 0. The standard InChI is InChI=1S/C35H37N2/c1-2-13-23-31(24-14-3-1)36-27-37(33-26-16-15-25-32(33)28-17-7-4-8-18-28)35(30-21-11-6-12-22-30)34(36)29-19-9-5-10-20-29/h4-12,15-22,25-27,31,34-35H,1-3,13-14,23-24H2/q+1/t34-,35-/m0/s1. The second kappa shape index (κ2) is 11.2. The third-order valence-corrected chi connectivity index (χ3v) is 8.22. The van der Waals surface area contributed by atoms with Gasteiger partial charge in [-0.3, -0.25) is 4.58 Å². The fraction of sp³-hybridized carbons (Fsp3) is 0.286. The van der Waals surface area contributed by atoms with Crippen molar-refractivity contribution in [3.8, 4) is 11.1 Å². The Labute approximate surface area is 221 Å². The monoisotopic (exact) mass is 485 g/mol. The van der Waals surface area contributed by atoms with Crippen molar-refractivity contribution in [1.29, 1.82) is 0 Å². The van der Waals surface area contributed by atoms with Crippen LogP contribution in [0.2, 0.25) is 0 Å². The maximum atomic E-state index is 2.74. The van der Waals surface area contributed by atoms with Crippen molar-refractivity contribution < 1.29 is 4.58 Å². The van der Waals surface area contributed by atoms with Gasteiger partial charge in [-0.15, -0.1) is 0 Å². The molecule has 2 atom stereocenters. The first kappa shape index (κ1) is 23.7. The zero-order valence-electron chi connectivity index (χ0n) is 21.6. The number of rotatable bonds is 5. The van der Waals surface area contributed by atoms with Crippen LogP contribution < -0.4 is 4.90 Å². The van der Waals surface area contributed by atoms with E-state index in [1.165, 1.54) is 72.9 Å². The minimum absolute atomic E-state index is 0.193. The first-order valence-corrected chi connectivity index (χ1v) is 14.1. The van der Waals surface area contributed by atoms with Crippen LogP contribution in [0.1, 0.15) is 68.2 Å². The van der Waals surface area contributed by atoms with E-state index in [2.05, 4.69) is 131 Å². The number of hydrogen-bond donors (Lipinski definition) is 0. The van der Waals surface area contributed by atoms with E-state index in [0.717, 1.165) is 0 Å². The first-order valence-electron chi connectivity index (χ1n) is 14.1. The molecule has 37 heavy (non-hydrogen) atoms. The van der Waals surface area contributed by atoms with Gasteiger partial charge in [0.25, 0.3) is 0 Å². The van der Waals surface area contributed by atoms with Gasteiger partial charge < -0.3 is 0 Å². The molecule has 0 amide bonds. The van der Waals surface area contributed by atoms with Gasteiger partial charge >= 0.3 is 0 Å². The number of anilines is 1. The van der Waals surface area contributed by atoms with Gasteiger partial charge in [0.1, 0.15) is 5.69 Å². The Morgan fingerprint density at radius 3 is 1.76 bits per heavy atom. The summed E-state index contributed by atoms with van der Waals surface area (Å²) in [6.07, 6.45) is 11.8. The number of benzene rings is 4. The number of para-hydroxylation sites is 1. The lowest BCUT2D eigenvalue weighted by atomic mass is 9.89. The van der Waals surface area contributed by atoms with E-state index in [1.54, 1.807) is 0 Å². The van der Waals surface area contributed by atoms with Crippen LogP contribution in [0, 0.1) is 0 Å². The maximum absolute atomic E-state index is 2.74. The fourth-order valence-electron chi connectivity index (χ4n) is 6.43. The third kappa shape index (κ3) is 4.98. The fourth-order valence-corrected chi connectivity index (χ4v) is 6.43. The van der Waals surface area contributed by atoms with E-state index < -0.39 is 0 Å². The summed E-state index contributed by atoms with van der Waals surface area (Å²) in [6, 6.07) is 43.1. The zero-order valence-corrected chi connectivity index (χ0v) is 21.6. The minimum Gasteiger partial charge on any atom is -0.254 e. The van der Waals surface area contributed by atoms with Crippen LogP contribution in [0.15, 0.2) is 115 Å². The Bertz CT molecular complexity index is 1310. The van der Waals surface area contributed by atoms with E-state index >= 15 is 0 Å². The Balaban J connectivity index is 1.53. The molecule has 1 aliphatic carbocycles. The summed E-state index contributed by atoms with van der Waals surface area (Å²) in [7, 11) is 0. The Morgan fingerprint density at radius 2 is 1.08 bits per heavy atom. The van der Waals surface area contributed by atoms with E-state index in [-0.39, 0.29) is 12.1 Å².